The normalized spacial score (nSPS) is 14.1. The Kier molecular flexibility index (Phi) is 4.62. The van der Waals surface area contributed by atoms with Gasteiger partial charge in [-0.3, -0.25) is 0 Å². The molecular formula is C38H28BNO2. The summed E-state index contributed by atoms with van der Waals surface area (Å²) in [7, 11) is -1.76. The molecule has 4 heteroatoms. The van der Waals surface area contributed by atoms with Crippen molar-refractivity contribution in [2.24, 2.45) is 0 Å². The quantitative estimate of drug-likeness (QED) is 0.161. The largest absolute Gasteiger partial charge is 0.488 e. The van der Waals surface area contributed by atoms with Crippen LogP contribution in [0.3, 0.4) is 0 Å². The van der Waals surface area contributed by atoms with Crippen LogP contribution >= 0.6 is 0 Å². The summed E-state index contributed by atoms with van der Waals surface area (Å²) in [5.41, 5.74) is 1.64. The molecule has 0 atom stereocenters. The molecule has 0 radical (unpaired) electrons. The lowest BCUT2D eigenvalue weighted by molar-refractivity contribution is 0.426. The molecule has 0 aliphatic carbocycles. The molecule has 0 fully saturated rings. The molecule has 0 bridgehead atoms. The number of hydrogen-bond acceptors (Lipinski definition) is 3. The molecule has 0 amide bonds. The van der Waals surface area contributed by atoms with Gasteiger partial charge in [-0.25, -0.2) is 0 Å². The van der Waals surface area contributed by atoms with E-state index in [4.69, 9.17) is 6.85 Å². The fraction of sp³-hybridized carbons (Fsp3) is 0. The summed E-state index contributed by atoms with van der Waals surface area (Å²) in [5.74, 6) is 0. The van der Waals surface area contributed by atoms with Gasteiger partial charge in [0.1, 0.15) is 0 Å². The lowest BCUT2D eigenvalue weighted by atomic mass is 9.80. The molecule has 0 saturated carbocycles. The minimum absolute atomic E-state index is 0.0420. The number of fused-ring (bicyclic) bond motifs is 3. The molecule has 42 heavy (non-hydrogen) atoms. The lowest BCUT2D eigenvalue weighted by Gasteiger charge is -2.26. The zero-order valence-corrected chi connectivity index (χ0v) is 22.2. The predicted molar refractivity (Wildman–Crippen MR) is 177 cm³/mol. The highest BCUT2D eigenvalue weighted by atomic mass is 16.4. The van der Waals surface area contributed by atoms with E-state index in [-0.39, 0.29) is 52.0 Å². The smallest absolute Gasteiger partial charge is 0.423 e. The van der Waals surface area contributed by atoms with Crippen LogP contribution in [0, 0.1) is 0 Å². The van der Waals surface area contributed by atoms with Gasteiger partial charge in [-0.15, -0.1) is 0 Å². The Bertz CT molecular complexity index is 2470. The van der Waals surface area contributed by atoms with Crippen molar-refractivity contribution in [2.45, 2.75) is 0 Å². The number of benzene rings is 7. The Morgan fingerprint density at radius 1 is 0.500 bits per heavy atom. The predicted octanol–water partition coefficient (Wildman–Crippen LogP) is 8.48. The third kappa shape index (κ3) is 4.84. The van der Waals surface area contributed by atoms with Crippen molar-refractivity contribution in [1.29, 1.82) is 0 Å². The van der Waals surface area contributed by atoms with E-state index in [1.165, 1.54) is 17.0 Å². The van der Waals surface area contributed by atoms with E-state index in [0.717, 1.165) is 21.5 Å². The highest BCUT2D eigenvalue weighted by Gasteiger charge is 2.17. The molecular weight excluding hydrogens is 513 g/mol. The third-order valence-corrected chi connectivity index (χ3v) is 7.22. The van der Waals surface area contributed by atoms with Crippen LogP contribution in [0.15, 0.2) is 158 Å². The van der Waals surface area contributed by atoms with Crippen molar-refractivity contribution in [1.82, 2.24) is 0 Å². The molecule has 0 aromatic heterocycles. The first-order chi connectivity index (χ1) is 24.4. The monoisotopic (exact) mass is 550 g/mol. The average Bonchev–Trinajstić information content (AvgIpc) is 3.14. The second-order valence-electron chi connectivity index (χ2n) is 9.77. The van der Waals surface area contributed by atoms with Gasteiger partial charge in [0, 0.05) is 17.1 Å². The Labute approximate surface area is 258 Å². The zero-order chi connectivity index (χ0) is 36.3. The maximum atomic E-state index is 9.76. The van der Waals surface area contributed by atoms with Crippen LogP contribution in [0.1, 0.15) is 12.3 Å². The highest BCUT2D eigenvalue weighted by Crippen LogP contribution is 2.39. The molecule has 0 saturated heterocycles. The van der Waals surface area contributed by atoms with Crippen molar-refractivity contribution >= 4 is 51.2 Å². The minimum atomic E-state index is -1.76. The molecule has 200 valence electrons. The maximum absolute atomic E-state index is 9.76. The minimum Gasteiger partial charge on any atom is -0.423 e. The third-order valence-electron chi connectivity index (χ3n) is 7.22. The van der Waals surface area contributed by atoms with Crippen LogP contribution in [0.2, 0.25) is 0 Å². The summed E-state index contributed by atoms with van der Waals surface area (Å²) in [4.78, 5) is 1.48. The lowest BCUT2D eigenvalue weighted by Crippen LogP contribution is -2.29. The molecule has 0 aliphatic heterocycles. The molecule has 0 spiro atoms. The van der Waals surface area contributed by atoms with Gasteiger partial charge < -0.3 is 14.9 Å². The number of hydrogen-bond donors (Lipinski definition) is 2. The topological polar surface area (TPSA) is 43.7 Å². The standard InChI is InChI=1S/C38H28BNO2/c41-39(42)31-19-23-33(24-20-31)40(34-13-8-12-29(25-34)27-9-2-1-3-10-27)32-21-17-28(18-22-32)38-26-30-11-4-5-14-35(30)36-15-6-7-16-37(36)38/h1-26,41-42H/i1D,2D,3D,9D,10D,17D,18D,21D,22D. The fourth-order valence-electron chi connectivity index (χ4n) is 5.21. The first kappa shape index (κ1) is 17.6. The second-order valence-corrected chi connectivity index (χ2v) is 9.77. The van der Waals surface area contributed by atoms with E-state index in [2.05, 4.69) is 0 Å². The van der Waals surface area contributed by atoms with Gasteiger partial charge in [0.05, 0.1) is 12.3 Å². The Hall–Kier alpha value is -5.16. The van der Waals surface area contributed by atoms with Crippen molar-refractivity contribution in [3.63, 3.8) is 0 Å². The summed E-state index contributed by atoms with van der Waals surface area (Å²) in [6, 6.07) is 26.1. The SMILES string of the molecule is [2H]c1c([2H])c([2H])c(-c2cccc(N(c3ccc(B(O)O)cc3)c3c([2H])c([2H])c(-c4cc5ccccc5c5ccccc45)c([2H])c3[2H])c2)c([2H])c1[2H]. The zero-order valence-electron chi connectivity index (χ0n) is 31.2. The van der Waals surface area contributed by atoms with Gasteiger partial charge in [0.25, 0.3) is 0 Å². The number of rotatable bonds is 6. The molecule has 7 aromatic carbocycles. The molecule has 2 N–H and O–H groups in total. The van der Waals surface area contributed by atoms with Crippen molar-refractivity contribution < 1.29 is 22.4 Å². The van der Waals surface area contributed by atoms with Gasteiger partial charge in [-0.2, -0.15) is 0 Å². The molecule has 7 rings (SSSR count). The first-order valence-corrected chi connectivity index (χ1v) is 13.4. The highest BCUT2D eigenvalue weighted by molar-refractivity contribution is 6.58. The maximum Gasteiger partial charge on any atom is 0.488 e. The fourth-order valence-corrected chi connectivity index (χ4v) is 5.21. The van der Waals surface area contributed by atoms with Gasteiger partial charge in [-0.05, 0) is 91.7 Å². The summed E-state index contributed by atoms with van der Waals surface area (Å²) < 4.78 is 78.8. The van der Waals surface area contributed by atoms with Gasteiger partial charge in [0.15, 0.2) is 0 Å². The van der Waals surface area contributed by atoms with Crippen LogP contribution in [0.4, 0.5) is 17.1 Å². The molecule has 0 heterocycles. The Morgan fingerprint density at radius 2 is 1.19 bits per heavy atom. The molecule has 3 nitrogen and oxygen atoms in total. The van der Waals surface area contributed by atoms with E-state index >= 15 is 0 Å². The second kappa shape index (κ2) is 11.0. The van der Waals surface area contributed by atoms with E-state index in [9.17, 15) is 15.5 Å². The number of nitrogens with zero attached hydrogens (tertiary/aromatic N) is 1. The molecule has 0 aliphatic rings. The van der Waals surface area contributed by atoms with E-state index in [1.54, 1.807) is 36.4 Å². The van der Waals surface area contributed by atoms with Crippen molar-refractivity contribution in [3.05, 3.63) is 158 Å². The van der Waals surface area contributed by atoms with Gasteiger partial charge in [-0.1, -0.05) is 115 Å². The summed E-state index contributed by atoms with van der Waals surface area (Å²) in [6.07, 6.45) is 0. The first-order valence-electron chi connectivity index (χ1n) is 17.9. The van der Waals surface area contributed by atoms with Crippen LogP contribution < -0.4 is 10.4 Å². The molecule has 7 aromatic rings. The van der Waals surface area contributed by atoms with Gasteiger partial charge >= 0.3 is 7.12 Å². The van der Waals surface area contributed by atoms with E-state index in [1.807, 2.05) is 54.6 Å². The van der Waals surface area contributed by atoms with E-state index < -0.39 is 37.3 Å². The summed E-state index contributed by atoms with van der Waals surface area (Å²) >= 11 is 0. The van der Waals surface area contributed by atoms with Gasteiger partial charge in [0.2, 0.25) is 0 Å². The van der Waals surface area contributed by atoms with Crippen molar-refractivity contribution in [2.75, 3.05) is 4.90 Å². The average molecular weight is 551 g/mol. The van der Waals surface area contributed by atoms with Crippen LogP contribution in [-0.2, 0) is 0 Å². The summed E-state index contributed by atoms with van der Waals surface area (Å²) in [5, 5.41) is 23.1. The van der Waals surface area contributed by atoms with Crippen LogP contribution in [0.25, 0.3) is 43.8 Å². The van der Waals surface area contributed by atoms with Crippen molar-refractivity contribution in [3.8, 4) is 22.3 Å². The summed E-state index contributed by atoms with van der Waals surface area (Å²) in [6.45, 7) is 0. The Morgan fingerprint density at radius 3 is 1.93 bits per heavy atom. The number of anilines is 3. The van der Waals surface area contributed by atoms with E-state index in [0.29, 0.717) is 16.9 Å². The Balaban J connectivity index is 1.49. The van der Waals surface area contributed by atoms with Crippen LogP contribution in [0.5, 0.6) is 0 Å². The molecule has 0 unspecified atom stereocenters. The van der Waals surface area contributed by atoms with Crippen LogP contribution in [-0.4, -0.2) is 17.2 Å².